The molecule has 2 rings (SSSR count). The van der Waals surface area contributed by atoms with E-state index in [-0.39, 0.29) is 0 Å². The second kappa shape index (κ2) is 9.36. The Morgan fingerprint density at radius 1 is 0.852 bits per heavy atom. The average molecular weight is 385 g/mol. The third-order valence-corrected chi connectivity index (χ3v) is 3.83. The Labute approximate surface area is 156 Å². The van der Waals surface area contributed by atoms with E-state index >= 15 is 0 Å². The Kier molecular flexibility index (Phi) is 7.18. The number of rotatable bonds is 9. The van der Waals surface area contributed by atoms with E-state index < -0.39 is 11.7 Å². The topological polar surface area (TPSA) is 49.0 Å². The van der Waals surface area contributed by atoms with E-state index in [2.05, 4.69) is 5.32 Å². The number of ether oxygens (including phenoxy) is 4. The molecule has 0 bridgehead atoms. The maximum absolute atomic E-state index is 12.5. The van der Waals surface area contributed by atoms with Crippen LogP contribution in [0.25, 0.3) is 0 Å². The summed E-state index contributed by atoms with van der Waals surface area (Å²) in [5.41, 5.74) is 0.179. The molecule has 1 N–H and O–H groups in total. The van der Waals surface area contributed by atoms with E-state index in [1.54, 1.807) is 20.3 Å². The van der Waals surface area contributed by atoms with Crippen molar-refractivity contribution < 1.29 is 32.1 Å². The largest absolute Gasteiger partial charge is 0.493 e. The second-order valence-corrected chi connectivity index (χ2v) is 5.54. The average Bonchev–Trinajstić information content (AvgIpc) is 2.66. The Bertz CT molecular complexity index is 733. The third kappa shape index (κ3) is 5.43. The molecule has 0 spiro atoms. The number of hydrogen-bond acceptors (Lipinski definition) is 5. The Hall–Kier alpha value is -2.61. The summed E-state index contributed by atoms with van der Waals surface area (Å²) in [5, 5.41) is 3.19. The number of alkyl halides is 3. The lowest BCUT2D eigenvalue weighted by atomic mass is 10.1. The quantitative estimate of drug-likeness (QED) is 0.664. The van der Waals surface area contributed by atoms with Gasteiger partial charge in [0.15, 0.2) is 11.5 Å². The van der Waals surface area contributed by atoms with Crippen molar-refractivity contribution in [1.82, 2.24) is 5.32 Å². The third-order valence-electron chi connectivity index (χ3n) is 3.83. The molecule has 0 aliphatic heterocycles. The van der Waals surface area contributed by atoms with Crippen LogP contribution in [0.1, 0.15) is 11.1 Å². The van der Waals surface area contributed by atoms with E-state index in [4.69, 9.17) is 18.9 Å². The highest BCUT2D eigenvalue weighted by atomic mass is 19.4. The molecular weight excluding hydrogens is 363 g/mol. The van der Waals surface area contributed by atoms with Gasteiger partial charge in [-0.1, -0.05) is 6.07 Å². The Balaban J connectivity index is 1.85. The standard InChI is InChI=1S/C19H22F3NO4/c1-24-16-9-4-13(17(25-2)18(16)26-3)12-23-10-11-27-15-7-5-14(6-8-15)19(20,21)22/h4-9,23H,10-12H2,1-3H3. The zero-order valence-corrected chi connectivity index (χ0v) is 15.4. The van der Waals surface area contributed by atoms with Gasteiger partial charge in [0.1, 0.15) is 12.4 Å². The molecule has 0 saturated heterocycles. The molecule has 0 amide bonds. The molecular formula is C19H22F3NO4. The zero-order valence-electron chi connectivity index (χ0n) is 15.4. The van der Waals surface area contributed by atoms with Crippen molar-refractivity contribution >= 4 is 0 Å². The molecule has 0 radical (unpaired) electrons. The zero-order chi connectivity index (χ0) is 19.9. The fourth-order valence-electron chi connectivity index (χ4n) is 2.51. The van der Waals surface area contributed by atoms with Crippen molar-refractivity contribution in [3.8, 4) is 23.0 Å². The molecule has 0 atom stereocenters. The van der Waals surface area contributed by atoms with Gasteiger partial charge in [0.05, 0.1) is 26.9 Å². The summed E-state index contributed by atoms with van der Waals surface area (Å²) in [6.45, 7) is 1.30. The molecule has 27 heavy (non-hydrogen) atoms. The summed E-state index contributed by atoms with van der Waals surface area (Å²) in [5.74, 6) is 2.05. The van der Waals surface area contributed by atoms with Gasteiger partial charge in [-0.3, -0.25) is 0 Å². The molecule has 8 heteroatoms. The first-order valence-electron chi connectivity index (χ1n) is 8.19. The van der Waals surface area contributed by atoms with Crippen molar-refractivity contribution in [3.63, 3.8) is 0 Å². The number of nitrogens with one attached hydrogen (secondary N) is 1. The minimum absolute atomic E-state index is 0.307. The van der Waals surface area contributed by atoms with Gasteiger partial charge in [0.2, 0.25) is 5.75 Å². The SMILES string of the molecule is COc1ccc(CNCCOc2ccc(C(F)(F)F)cc2)c(OC)c1OC. The van der Waals surface area contributed by atoms with Crippen molar-refractivity contribution in [2.45, 2.75) is 12.7 Å². The summed E-state index contributed by atoms with van der Waals surface area (Å²) in [6.07, 6.45) is -4.35. The maximum atomic E-state index is 12.5. The summed E-state index contributed by atoms with van der Waals surface area (Å²) in [7, 11) is 4.64. The van der Waals surface area contributed by atoms with Gasteiger partial charge >= 0.3 is 6.18 Å². The van der Waals surface area contributed by atoms with Crippen LogP contribution in [-0.2, 0) is 12.7 Å². The summed E-state index contributed by atoms with van der Waals surface area (Å²) in [6, 6.07) is 8.26. The Morgan fingerprint density at radius 2 is 1.52 bits per heavy atom. The maximum Gasteiger partial charge on any atom is 0.416 e. The van der Waals surface area contributed by atoms with Gasteiger partial charge in [-0.05, 0) is 30.3 Å². The molecule has 0 aliphatic carbocycles. The highest BCUT2D eigenvalue weighted by Gasteiger charge is 2.30. The predicted molar refractivity (Wildman–Crippen MR) is 94.7 cm³/mol. The highest BCUT2D eigenvalue weighted by molar-refractivity contribution is 5.55. The lowest BCUT2D eigenvalue weighted by Crippen LogP contribution is -2.21. The smallest absolute Gasteiger partial charge is 0.416 e. The number of benzene rings is 2. The minimum Gasteiger partial charge on any atom is -0.493 e. The van der Waals surface area contributed by atoms with Gasteiger partial charge in [0.25, 0.3) is 0 Å². The van der Waals surface area contributed by atoms with E-state index in [0.717, 1.165) is 17.7 Å². The molecule has 2 aromatic carbocycles. The molecule has 0 heterocycles. The van der Waals surface area contributed by atoms with Crippen LogP contribution in [0.3, 0.4) is 0 Å². The van der Waals surface area contributed by atoms with Gasteiger partial charge in [-0.15, -0.1) is 0 Å². The molecule has 0 aliphatic rings. The Morgan fingerprint density at radius 3 is 2.07 bits per heavy atom. The summed E-state index contributed by atoms with van der Waals surface area (Å²) < 4.78 is 59.0. The van der Waals surface area contributed by atoms with Gasteiger partial charge in [0, 0.05) is 18.7 Å². The predicted octanol–water partition coefficient (Wildman–Crippen LogP) is 3.90. The van der Waals surface area contributed by atoms with Crippen LogP contribution >= 0.6 is 0 Å². The summed E-state index contributed by atoms with van der Waals surface area (Å²) in [4.78, 5) is 0. The first kappa shape index (κ1) is 20.7. The fraction of sp³-hybridized carbons (Fsp3) is 0.368. The van der Waals surface area contributed by atoms with Gasteiger partial charge < -0.3 is 24.3 Å². The van der Waals surface area contributed by atoms with Crippen molar-refractivity contribution in [1.29, 1.82) is 0 Å². The number of halogens is 3. The number of methoxy groups -OCH3 is 3. The van der Waals surface area contributed by atoms with E-state index in [0.29, 0.717) is 42.7 Å². The summed E-state index contributed by atoms with van der Waals surface area (Å²) >= 11 is 0. The van der Waals surface area contributed by atoms with Crippen molar-refractivity contribution in [2.24, 2.45) is 0 Å². The normalized spacial score (nSPS) is 11.2. The number of hydrogen-bond donors (Lipinski definition) is 1. The van der Waals surface area contributed by atoms with Crippen LogP contribution in [0, 0.1) is 0 Å². The lowest BCUT2D eigenvalue weighted by molar-refractivity contribution is -0.137. The molecule has 148 valence electrons. The van der Waals surface area contributed by atoms with Crippen LogP contribution < -0.4 is 24.3 Å². The second-order valence-electron chi connectivity index (χ2n) is 5.54. The fourth-order valence-corrected chi connectivity index (χ4v) is 2.51. The van der Waals surface area contributed by atoms with E-state index in [1.807, 2.05) is 6.07 Å². The van der Waals surface area contributed by atoms with E-state index in [1.165, 1.54) is 19.2 Å². The van der Waals surface area contributed by atoms with Gasteiger partial charge in [-0.25, -0.2) is 0 Å². The van der Waals surface area contributed by atoms with Crippen LogP contribution in [-0.4, -0.2) is 34.5 Å². The molecule has 0 saturated carbocycles. The molecule has 0 aromatic heterocycles. The highest BCUT2D eigenvalue weighted by Crippen LogP contribution is 2.39. The van der Waals surface area contributed by atoms with Crippen LogP contribution in [0.4, 0.5) is 13.2 Å². The van der Waals surface area contributed by atoms with Crippen LogP contribution in [0.5, 0.6) is 23.0 Å². The first-order chi connectivity index (χ1) is 12.9. The van der Waals surface area contributed by atoms with Crippen LogP contribution in [0.15, 0.2) is 36.4 Å². The van der Waals surface area contributed by atoms with E-state index in [9.17, 15) is 13.2 Å². The lowest BCUT2D eigenvalue weighted by Gasteiger charge is -2.16. The van der Waals surface area contributed by atoms with Crippen molar-refractivity contribution in [2.75, 3.05) is 34.5 Å². The minimum atomic E-state index is -4.35. The van der Waals surface area contributed by atoms with Gasteiger partial charge in [-0.2, -0.15) is 13.2 Å². The molecule has 0 unspecified atom stereocenters. The molecule has 2 aromatic rings. The molecule has 5 nitrogen and oxygen atoms in total. The van der Waals surface area contributed by atoms with Crippen LogP contribution in [0.2, 0.25) is 0 Å². The first-order valence-corrected chi connectivity index (χ1v) is 8.19. The molecule has 0 fully saturated rings. The monoisotopic (exact) mass is 385 g/mol. The van der Waals surface area contributed by atoms with Crippen molar-refractivity contribution in [3.05, 3.63) is 47.5 Å².